The maximum Gasteiger partial charge on any atom is 0.261 e. The largest absolute Gasteiger partial charge is 0.492 e. The summed E-state index contributed by atoms with van der Waals surface area (Å²) >= 11 is 0. The van der Waals surface area contributed by atoms with Crippen LogP contribution in [0.3, 0.4) is 0 Å². The van der Waals surface area contributed by atoms with E-state index in [1.807, 2.05) is 63.2 Å². The van der Waals surface area contributed by atoms with Crippen LogP contribution in [0, 0.1) is 29.2 Å². The van der Waals surface area contributed by atoms with Gasteiger partial charge in [-0.05, 0) is 76.1 Å². The van der Waals surface area contributed by atoms with Crippen LogP contribution < -0.4 is 9.47 Å². The predicted molar refractivity (Wildman–Crippen MR) is 259 cm³/mol. The van der Waals surface area contributed by atoms with E-state index in [-0.39, 0.29) is 74.0 Å². The first-order valence-corrected chi connectivity index (χ1v) is 25.0. The summed E-state index contributed by atoms with van der Waals surface area (Å²) in [7, 11) is 0. The summed E-state index contributed by atoms with van der Waals surface area (Å²) in [6, 6.07) is 17.6. The number of benzene rings is 4. The number of carbonyl (C=O) groups is 1. The van der Waals surface area contributed by atoms with Crippen LogP contribution in [0.4, 0.5) is 35.1 Å². The number of rotatable bonds is 15. The van der Waals surface area contributed by atoms with Crippen molar-refractivity contribution in [3.63, 3.8) is 0 Å². The van der Waals surface area contributed by atoms with E-state index in [0.29, 0.717) is 76.5 Å². The zero-order chi connectivity index (χ0) is 50.6. The molecule has 2 aromatic heterocycles. The molecule has 5 aliphatic rings. The molecule has 0 bridgehead atoms. The molecule has 3 fully saturated rings. The normalized spacial score (nSPS) is 21.4. The molecule has 17 heteroatoms. The quantitative estimate of drug-likeness (QED) is 0.0998. The van der Waals surface area contributed by atoms with E-state index in [1.165, 1.54) is 30.9 Å². The SMILES string of the molecule is CC(C)(F)CN1CCc2c([nH]c3ccccc23)[C@@H]1c1c(F)cc(OCCN2CC(CF)C2)cc1F.C[C@@H]1Cc2c([nH]c3ccccc23)[C@@H](c2c(F)cc(OC3CN(CCCF)C3)cc2F)N1C(=O)C1(F)CC1. The number of aromatic amines is 2. The number of halogens is 8. The van der Waals surface area contributed by atoms with Gasteiger partial charge in [-0.1, -0.05) is 36.4 Å². The molecule has 1 saturated carbocycles. The van der Waals surface area contributed by atoms with Gasteiger partial charge in [0.15, 0.2) is 5.67 Å². The molecule has 3 atom stereocenters. The fraction of sp³-hybridized carbons (Fsp3) is 0.473. The summed E-state index contributed by atoms with van der Waals surface area (Å²) in [6.45, 7) is 8.47. The second kappa shape index (κ2) is 20.0. The lowest BCUT2D eigenvalue weighted by atomic mass is 9.87. The molecule has 0 spiro atoms. The fourth-order valence-electron chi connectivity index (χ4n) is 11.2. The van der Waals surface area contributed by atoms with Crippen LogP contribution in [0.15, 0.2) is 72.8 Å². The maximum absolute atomic E-state index is 15.7. The molecule has 72 heavy (non-hydrogen) atoms. The van der Waals surface area contributed by atoms with Crippen molar-refractivity contribution in [3.05, 3.63) is 130 Å². The molecule has 384 valence electrons. The van der Waals surface area contributed by atoms with Gasteiger partial charge in [0.1, 0.15) is 59.2 Å². The van der Waals surface area contributed by atoms with Gasteiger partial charge in [0.05, 0.1) is 25.0 Å². The summed E-state index contributed by atoms with van der Waals surface area (Å²) in [5.74, 6) is -3.64. The Balaban J connectivity index is 0.000000166. The van der Waals surface area contributed by atoms with Gasteiger partial charge >= 0.3 is 0 Å². The smallest absolute Gasteiger partial charge is 0.261 e. The van der Waals surface area contributed by atoms with E-state index in [9.17, 15) is 18.0 Å². The molecule has 9 nitrogen and oxygen atoms in total. The molecule has 11 rings (SSSR count). The van der Waals surface area contributed by atoms with Gasteiger partial charge in [-0.3, -0.25) is 28.3 Å². The van der Waals surface area contributed by atoms with Crippen LogP contribution in [-0.2, 0) is 17.6 Å². The third-order valence-corrected chi connectivity index (χ3v) is 14.8. The van der Waals surface area contributed by atoms with Gasteiger partial charge in [0.2, 0.25) is 0 Å². The van der Waals surface area contributed by atoms with E-state index in [0.717, 1.165) is 45.1 Å². The van der Waals surface area contributed by atoms with E-state index in [2.05, 4.69) is 9.97 Å². The Labute approximate surface area is 413 Å². The van der Waals surface area contributed by atoms with Crippen molar-refractivity contribution in [2.75, 3.05) is 72.3 Å². The zero-order valence-electron chi connectivity index (χ0n) is 40.7. The van der Waals surface area contributed by atoms with Crippen LogP contribution in [0.25, 0.3) is 21.8 Å². The summed E-state index contributed by atoms with van der Waals surface area (Å²) in [6.07, 6.45) is 1.54. The third-order valence-electron chi connectivity index (χ3n) is 14.8. The molecule has 6 heterocycles. The van der Waals surface area contributed by atoms with Gasteiger partial charge < -0.3 is 24.3 Å². The van der Waals surface area contributed by atoms with Crippen LogP contribution in [-0.4, -0.2) is 131 Å². The minimum absolute atomic E-state index is 0.0410. The van der Waals surface area contributed by atoms with Crippen molar-refractivity contribution in [3.8, 4) is 11.5 Å². The number of H-pyrrole nitrogens is 2. The van der Waals surface area contributed by atoms with Gasteiger partial charge in [-0.15, -0.1) is 0 Å². The number of hydrogen-bond donors (Lipinski definition) is 2. The standard InChI is InChI=1S/C28H29F4N3O2.C27H31F4N3O/c1-16-11-20-19-5-2-3-6-23(19)33-25(20)26(35(16)27(36)28(32)7-8-28)24-21(30)12-17(13-22(24)31)37-18-14-34(15-18)10-4-9-29;1-27(2,31)16-34-8-7-20-19-5-3-4-6-23(19)32-25(20)26(34)24-21(29)11-18(12-22(24)30)35-10-9-33-14-17(13-28)15-33/h2-3,5-6,12-13,16,18,26,33H,4,7-11,14-15H2,1H3;3-6,11-12,17,26,32H,7-10,13-16H2,1-2H3/t16-,26-;26-/m10/s1. The second-order valence-corrected chi connectivity index (χ2v) is 20.9. The minimum atomic E-state index is -1.98. The van der Waals surface area contributed by atoms with Crippen molar-refractivity contribution < 1.29 is 49.4 Å². The lowest BCUT2D eigenvalue weighted by molar-refractivity contribution is -0.143. The van der Waals surface area contributed by atoms with Crippen molar-refractivity contribution >= 4 is 27.7 Å². The summed E-state index contributed by atoms with van der Waals surface area (Å²) in [5, 5.41) is 1.94. The number of amides is 1. The van der Waals surface area contributed by atoms with Crippen molar-refractivity contribution in [1.82, 2.24) is 29.6 Å². The molecular weight excluding hydrogens is 945 g/mol. The van der Waals surface area contributed by atoms with Crippen molar-refractivity contribution in [2.24, 2.45) is 5.92 Å². The number of ether oxygens (including phenoxy) is 2. The van der Waals surface area contributed by atoms with Crippen molar-refractivity contribution in [1.29, 1.82) is 0 Å². The molecule has 0 radical (unpaired) electrons. The average molecular weight is 1010 g/mol. The lowest BCUT2D eigenvalue weighted by Crippen LogP contribution is -2.53. The highest BCUT2D eigenvalue weighted by molar-refractivity contribution is 5.91. The highest BCUT2D eigenvalue weighted by Crippen LogP contribution is 2.49. The summed E-state index contributed by atoms with van der Waals surface area (Å²) < 4.78 is 129. The van der Waals surface area contributed by atoms with E-state index < -0.39 is 58.6 Å². The molecule has 6 aromatic rings. The summed E-state index contributed by atoms with van der Waals surface area (Å²) in [5.41, 5.74) is 0.861. The second-order valence-electron chi connectivity index (χ2n) is 20.9. The lowest BCUT2D eigenvalue weighted by Gasteiger charge is -2.42. The van der Waals surface area contributed by atoms with Gasteiger partial charge in [-0.2, -0.15) is 0 Å². The Morgan fingerprint density at radius 1 is 0.764 bits per heavy atom. The van der Waals surface area contributed by atoms with E-state index in [4.69, 9.17) is 9.47 Å². The highest BCUT2D eigenvalue weighted by atomic mass is 19.2. The fourth-order valence-corrected chi connectivity index (χ4v) is 11.2. The van der Waals surface area contributed by atoms with Crippen molar-refractivity contribution in [2.45, 2.75) is 88.4 Å². The average Bonchev–Trinajstić information content (AvgIpc) is 3.79. The molecule has 4 aliphatic heterocycles. The minimum Gasteiger partial charge on any atom is -0.492 e. The predicted octanol–water partition coefficient (Wildman–Crippen LogP) is 10.7. The van der Waals surface area contributed by atoms with Gasteiger partial charge in [-0.25, -0.2) is 26.3 Å². The number of nitrogens with one attached hydrogen (secondary N) is 2. The number of alkyl halides is 4. The summed E-state index contributed by atoms with van der Waals surface area (Å²) in [4.78, 5) is 27.1. The Morgan fingerprint density at radius 2 is 1.32 bits per heavy atom. The van der Waals surface area contributed by atoms with E-state index in [1.54, 1.807) is 6.92 Å². The van der Waals surface area contributed by atoms with Gasteiger partial charge in [0.25, 0.3) is 5.91 Å². The Bertz CT molecular complexity index is 2890. The highest BCUT2D eigenvalue weighted by Gasteiger charge is 2.56. The third kappa shape index (κ3) is 9.92. The number of hydrogen-bond acceptors (Lipinski definition) is 6. The number of carbonyl (C=O) groups excluding carboxylic acids is 1. The molecule has 1 amide bonds. The molecule has 4 aromatic carbocycles. The maximum atomic E-state index is 15.7. The first-order valence-electron chi connectivity index (χ1n) is 25.0. The Morgan fingerprint density at radius 3 is 1.90 bits per heavy atom. The van der Waals surface area contributed by atoms with Crippen LogP contribution in [0.5, 0.6) is 11.5 Å². The number of para-hydroxylation sites is 2. The van der Waals surface area contributed by atoms with Crippen LogP contribution >= 0.6 is 0 Å². The van der Waals surface area contributed by atoms with E-state index >= 15 is 22.0 Å². The van der Waals surface area contributed by atoms with Gasteiger partial charge in [0, 0.05) is 127 Å². The Hall–Kier alpha value is -5.65. The molecule has 1 aliphatic carbocycles. The van der Waals surface area contributed by atoms with Crippen LogP contribution in [0.1, 0.15) is 85.8 Å². The topological polar surface area (TPSA) is 80.1 Å². The van der Waals surface area contributed by atoms with Crippen LogP contribution in [0.2, 0.25) is 0 Å². The Kier molecular flexibility index (Phi) is 13.9. The first-order chi connectivity index (χ1) is 34.5. The molecule has 0 unspecified atom stereocenters. The molecule has 2 N–H and O–H groups in total. The number of aromatic nitrogens is 2. The molecular formula is C55H60F8N6O3. The zero-order valence-corrected chi connectivity index (χ0v) is 40.7. The first kappa shape index (κ1) is 49.9. The number of nitrogens with zero attached hydrogens (tertiary/aromatic N) is 4. The number of likely N-dealkylation sites (tertiary alicyclic amines) is 2. The molecule has 2 saturated heterocycles. The number of fused-ring (bicyclic) bond motifs is 6. The monoisotopic (exact) mass is 1000 g/mol.